The second-order valence-electron chi connectivity index (χ2n) is 7.08. The van der Waals surface area contributed by atoms with Gasteiger partial charge in [-0.05, 0) is 33.4 Å². The van der Waals surface area contributed by atoms with Gasteiger partial charge in [-0.15, -0.1) is 0 Å². The van der Waals surface area contributed by atoms with Crippen molar-refractivity contribution in [2.45, 2.75) is 0 Å². The van der Waals surface area contributed by atoms with Crippen LogP contribution in [0.25, 0.3) is 34.4 Å². The van der Waals surface area contributed by atoms with E-state index in [-0.39, 0.29) is 0 Å². The molecule has 0 aliphatic heterocycles. The van der Waals surface area contributed by atoms with E-state index in [4.69, 9.17) is 0 Å². The lowest BCUT2D eigenvalue weighted by Crippen LogP contribution is -2.25. The Bertz CT molecular complexity index is 982. The molecular weight excluding hydrogens is 340 g/mol. The molecule has 0 bridgehead atoms. The molecule has 2 heterocycles. The van der Waals surface area contributed by atoms with Crippen LogP contribution < -0.4 is 9.13 Å². The molecule has 2 aromatic carbocycles. The van der Waals surface area contributed by atoms with Crippen molar-refractivity contribution in [3.8, 4) is 22.3 Å². The third-order valence-electron chi connectivity index (χ3n) is 4.91. The van der Waals surface area contributed by atoms with Gasteiger partial charge in [-0.1, -0.05) is 60.7 Å². The normalized spacial score (nSPS) is 11.1. The minimum absolute atomic E-state index is 1.20. The van der Waals surface area contributed by atoms with Gasteiger partial charge < -0.3 is 0 Å². The highest BCUT2D eigenvalue weighted by molar-refractivity contribution is 5.73. The molecule has 4 rings (SSSR count). The SMILES string of the molecule is C[n+]1ccc(-c2ccc(/C=C/c3ccc(-c4cc[n+](C)cc4)cc3)cc2)cc1. The Morgan fingerprint density at radius 3 is 1.04 bits per heavy atom. The molecule has 4 aromatic rings. The molecule has 0 N–H and O–H groups in total. The zero-order valence-electron chi connectivity index (χ0n) is 16.3. The molecule has 28 heavy (non-hydrogen) atoms. The van der Waals surface area contributed by atoms with Crippen LogP contribution in [0, 0.1) is 0 Å². The van der Waals surface area contributed by atoms with E-state index in [1.54, 1.807) is 0 Å². The molecular formula is C26H24N2+2. The van der Waals surface area contributed by atoms with Crippen LogP contribution in [0.4, 0.5) is 0 Å². The Morgan fingerprint density at radius 2 is 0.714 bits per heavy atom. The summed E-state index contributed by atoms with van der Waals surface area (Å²) in [4.78, 5) is 0. The number of hydrogen-bond donors (Lipinski definition) is 0. The minimum atomic E-state index is 1.20. The zero-order valence-corrected chi connectivity index (χ0v) is 16.3. The van der Waals surface area contributed by atoms with Crippen molar-refractivity contribution in [1.82, 2.24) is 0 Å². The smallest absolute Gasteiger partial charge is 0.169 e. The number of hydrogen-bond acceptors (Lipinski definition) is 0. The summed E-state index contributed by atoms with van der Waals surface area (Å²) in [5, 5.41) is 0. The van der Waals surface area contributed by atoms with E-state index in [0.29, 0.717) is 0 Å². The number of aryl methyl sites for hydroxylation is 2. The van der Waals surface area contributed by atoms with Gasteiger partial charge in [0.15, 0.2) is 24.8 Å². The average Bonchev–Trinajstić information content (AvgIpc) is 2.74. The first-order valence-electron chi connectivity index (χ1n) is 9.47. The van der Waals surface area contributed by atoms with Crippen molar-refractivity contribution in [3.63, 3.8) is 0 Å². The summed E-state index contributed by atoms with van der Waals surface area (Å²) in [6, 6.07) is 25.9. The summed E-state index contributed by atoms with van der Waals surface area (Å²) in [6.45, 7) is 0. The largest absolute Gasteiger partial charge is 0.208 e. The van der Waals surface area contributed by atoms with Crippen LogP contribution in [0.2, 0.25) is 0 Å². The summed E-state index contributed by atoms with van der Waals surface area (Å²) in [5.74, 6) is 0. The van der Waals surface area contributed by atoms with Crippen molar-refractivity contribution in [2.75, 3.05) is 0 Å². The van der Waals surface area contributed by atoms with E-state index in [0.717, 1.165) is 0 Å². The maximum Gasteiger partial charge on any atom is 0.169 e. The predicted molar refractivity (Wildman–Crippen MR) is 115 cm³/mol. The third-order valence-corrected chi connectivity index (χ3v) is 4.91. The highest BCUT2D eigenvalue weighted by atomic mass is 14.9. The van der Waals surface area contributed by atoms with Crippen molar-refractivity contribution < 1.29 is 9.13 Å². The summed E-state index contributed by atoms with van der Waals surface area (Å²) < 4.78 is 4.09. The average molecular weight is 364 g/mol. The van der Waals surface area contributed by atoms with E-state index in [2.05, 4.69) is 110 Å². The fourth-order valence-corrected chi connectivity index (χ4v) is 3.15. The third kappa shape index (κ3) is 4.24. The van der Waals surface area contributed by atoms with Crippen molar-refractivity contribution >= 4 is 12.2 Å². The van der Waals surface area contributed by atoms with E-state index in [1.165, 1.54) is 33.4 Å². The monoisotopic (exact) mass is 364 g/mol. The first-order chi connectivity index (χ1) is 13.7. The molecule has 2 nitrogen and oxygen atoms in total. The second-order valence-corrected chi connectivity index (χ2v) is 7.08. The Kier molecular flexibility index (Phi) is 5.11. The fourth-order valence-electron chi connectivity index (χ4n) is 3.15. The highest BCUT2D eigenvalue weighted by Gasteiger charge is 2.01. The number of aromatic nitrogens is 2. The zero-order chi connectivity index (χ0) is 19.3. The quantitative estimate of drug-likeness (QED) is 0.362. The predicted octanol–water partition coefficient (Wildman–Crippen LogP) is 4.84. The molecule has 0 saturated heterocycles. The molecule has 2 heteroatoms. The van der Waals surface area contributed by atoms with Crippen LogP contribution in [0.3, 0.4) is 0 Å². The topological polar surface area (TPSA) is 7.76 Å². The molecule has 0 aliphatic rings. The van der Waals surface area contributed by atoms with Gasteiger partial charge >= 0.3 is 0 Å². The van der Waals surface area contributed by atoms with Gasteiger partial charge in [0.1, 0.15) is 14.1 Å². The standard InChI is InChI=1S/C26H24N2/c1-27-17-13-25(14-18-27)23-9-5-21(6-10-23)3-4-22-7-11-24(12-8-22)26-15-19-28(2)20-16-26/h3-20H,1-2H3/q+2/b4-3+. The number of rotatable bonds is 4. The fraction of sp³-hybridized carbons (Fsp3) is 0.0769. The molecule has 0 amide bonds. The lowest BCUT2D eigenvalue weighted by atomic mass is 10.0. The van der Waals surface area contributed by atoms with E-state index >= 15 is 0 Å². The summed E-state index contributed by atoms with van der Waals surface area (Å²) in [7, 11) is 4.06. The van der Waals surface area contributed by atoms with Crippen LogP contribution in [0.15, 0.2) is 97.6 Å². The van der Waals surface area contributed by atoms with Crippen LogP contribution >= 0.6 is 0 Å². The van der Waals surface area contributed by atoms with Crippen LogP contribution in [-0.4, -0.2) is 0 Å². The van der Waals surface area contributed by atoms with Gasteiger partial charge in [0.2, 0.25) is 0 Å². The molecule has 0 radical (unpaired) electrons. The van der Waals surface area contributed by atoms with Gasteiger partial charge in [-0.25, -0.2) is 9.13 Å². The summed E-state index contributed by atoms with van der Waals surface area (Å²) in [5.41, 5.74) is 7.34. The number of pyridine rings is 2. The molecule has 0 unspecified atom stereocenters. The number of nitrogens with zero attached hydrogens (tertiary/aromatic N) is 2. The molecule has 0 spiro atoms. The van der Waals surface area contributed by atoms with E-state index < -0.39 is 0 Å². The van der Waals surface area contributed by atoms with Gasteiger partial charge in [0, 0.05) is 24.3 Å². The maximum absolute atomic E-state index is 2.17. The molecule has 0 saturated carbocycles. The van der Waals surface area contributed by atoms with Crippen molar-refractivity contribution in [3.05, 3.63) is 109 Å². The van der Waals surface area contributed by atoms with Gasteiger partial charge in [-0.2, -0.15) is 0 Å². The lowest BCUT2D eigenvalue weighted by molar-refractivity contribution is -0.671. The van der Waals surface area contributed by atoms with Gasteiger partial charge in [0.05, 0.1) is 0 Å². The summed E-state index contributed by atoms with van der Waals surface area (Å²) >= 11 is 0. The minimum Gasteiger partial charge on any atom is -0.208 e. The molecule has 0 aliphatic carbocycles. The van der Waals surface area contributed by atoms with Crippen LogP contribution in [0.1, 0.15) is 11.1 Å². The van der Waals surface area contributed by atoms with E-state index in [9.17, 15) is 0 Å². The molecule has 0 fully saturated rings. The molecule has 2 aromatic heterocycles. The Balaban J connectivity index is 1.46. The Morgan fingerprint density at radius 1 is 0.429 bits per heavy atom. The lowest BCUT2D eigenvalue weighted by Gasteiger charge is -2.02. The molecule has 136 valence electrons. The summed E-state index contributed by atoms with van der Waals surface area (Å²) in [6.07, 6.45) is 12.6. The van der Waals surface area contributed by atoms with Crippen molar-refractivity contribution in [1.29, 1.82) is 0 Å². The maximum atomic E-state index is 2.17. The van der Waals surface area contributed by atoms with Gasteiger partial charge in [0.25, 0.3) is 0 Å². The van der Waals surface area contributed by atoms with E-state index in [1.807, 2.05) is 23.2 Å². The van der Waals surface area contributed by atoms with Crippen LogP contribution in [-0.2, 0) is 14.1 Å². The van der Waals surface area contributed by atoms with Crippen LogP contribution in [0.5, 0.6) is 0 Å². The first-order valence-corrected chi connectivity index (χ1v) is 9.47. The molecule has 0 atom stereocenters. The van der Waals surface area contributed by atoms with Crippen molar-refractivity contribution in [2.24, 2.45) is 14.1 Å². The number of benzene rings is 2. The first kappa shape index (κ1) is 17.9. The Hall–Kier alpha value is -3.52. The van der Waals surface area contributed by atoms with Gasteiger partial charge in [-0.3, -0.25) is 0 Å². The Labute approximate surface area is 166 Å². The highest BCUT2D eigenvalue weighted by Crippen LogP contribution is 2.21. The second kappa shape index (κ2) is 8.01.